The second kappa shape index (κ2) is 7.59. The Kier molecular flexibility index (Phi) is 5.15. The number of benzene rings is 2. The van der Waals surface area contributed by atoms with Crippen LogP contribution in [0.2, 0.25) is 0 Å². The van der Waals surface area contributed by atoms with Crippen LogP contribution in [0, 0.1) is 5.82 Å². The molecule has 1 N–H and O–H groups in total. The molecule has 2 heterocycles. The number of nitrogens with one attached hydrogen (secondary N) is 1. The van der Waals surface area contributed by atoms with E-state index in [0.29, 0.717) is 47.0 Å². The molecule has 0 radical (unpaired) electrons. The summed E-state index contributed by atoms with van der Waals surface area (Å²) < 4.78 is 46.6. The smallest absolute Gasteiger partial charge is 0.265 e. The minimum absolute atomic E-state index is 0.106. The van der Waals surface area contributed by atoms with E-state index in [1.165, 1.54) is 39.9 Å². The summed E-state index contributed by atoms with van der Waals surface area (Å²) >= 11 is 1.18. The monoisotopic (exact) mass is 420 g/mol. The number of carbonyl (C=O) groups is 1. The lowest BCUT2D eigenvalue weighted by molar-refractivity contribution is 0.0730. The largest absolute Gasteiger partial charge is 0.379 e. The Morgan fingerprint density at radius 1 is 1.11 bits per heavy atom. The molecule has 0 bridgehead atoms. The molecule has 1 aliphatic heterocycles. The van der Waals surface area contributed by atoms with Gasteiger partial charge in [0.15, 0.2) is 0 Å². The van der Waals surface area contributed by atoms with E-state index in [0.717, 1.165) is 0 Å². The van der Waals surface area contributed by atoms with Crippen LogP contribution in [0.25, 0.3) is 10.1 Å². The molecule has 6 nitrogen and oxygen atoms in total. The van der Waals surface area contributed by atoms with E-state index in [9.17, 15) is 17.6 Å². The second-order valence-electron chi connectivity index (χ2n) is 6.26. The van der Waals surface area contributed by atoms with Crippen LogP contribution < -0.4 is 5.32 Å². The van der Waals surface area contributed by atoms with Crippen molar-refractivity contribution in [2.24, 2.45) is 0 Å². The number of fused-ring (bicyclic) bond motifs is 1. The molecular weight excluding hydrogens is 403 g/mol. The van der Waals surface area contributed by atoms with Crippen molar-refractivity contribution in [2.75, 3.05) is 31.6 Å². The number of hydrogen-bond donors (Lipinski definition) is 1. The molecule has 9 heteroatoms. The molecule has 0 saturated carbocycles. The van der Waals surface area contributed by atoms with Gasteiger partial charge in [-0.3, -0.25) is 4.79 Å². The summed E-state index contributed by atoms with van der Waals surface area (Å²) in [5.41, 5.74) is 0.359. The van der Waals surface area contributed by atoms with Gasteiger partial charge >= 0.3 is 0 Å². The first kappa shape index (κ1) is 19.0. The Hall–Kier alpha value is -2.33. The maximum absolute atomic E-state index is 13.8. The average Bonchev–Trinajstić information content (AvgIpc) is 3.15. The molecule has 28 heavy (non-hydrogen) atoms. The minimum Gasteiger partial charge on any atom is -0.379 e. The Morgan fingerprint density at radius 2 is 1.86 bits per heavy atom. The van der Waals surface area contributed by atoms with Gasteiger partial charge in [0.2, 0.25) is 10.0 Å². The number of rotatable bonds is 4. The maximum atomic E-state index is 13.8. The van der Waals surface area contributed by atoms with Gasteiger partial charge in [0.1, 0.15) is 5.82 Å². The Balaban J connectivity index is 1.57. The SMILES string of the molecule is O=C(Nc1cccc(S(=O)(=O)N2CCOCC2)c1)c1cc2c(F)cccc2s1. The summed E-state index contributed by atoms with van der Waals surface area (Å²) in [4.78, 5) is 13.0. The molecule has 0 aliphatic carbocycles. The average molecular weight is 420 g/mol. The standard InChI is InChI=1S/C19H17FN2O4S2/c20-16-5-2-6-17-15(16)12-18(27-17)19(23)21-13-3-1-4-14(11-13)28(24,25)22-7-9-26-10-8-22/h1-6,11-12H,7-10H2,(H,21,23). The summed E-state index contributed by atoms with van der Waals surface area (Å²) in [7, 11) is -3.66. The minimum atomic E-state index is -3.66. The van der Waals surface area contributed by atoms with Gasteiger partial charge in [-0.15, -0.1) is 11.3 Å². The topological polar surface area (TPSA) is 75.7 Å². The normalized spacial score (nSPS) is 15.6. The first-order chi connectivity index (χ1) is 13.4. The predicted octanol–water partition coefficient (Wildman–Crippen LogP) is 3.31. The lowest BCUT2D eigenvalue weighted by Gasteiger charge is -2.26. The highest BCUT2D eigenvalue weighted by Crippen LogP contribution is 2.28. The van der Waals surface area contributed by atoms with Crippen molar-refractivity contribution in [3.05, 3.63) is 59.2 Å². The number of amides is 1. The van der Waals surface area contributed by atoms with Crippen molar-refractivity contribution >= 4 is 43.0 Å². The van der Waals surface area contributed by atoms with Gasteiger partial charge in [-0.05, 0) is 36.4 Å². The van der Waals surface area contributed by atoms with Crippen LogP contribution in [-0.4, -0.2) is 44.9 Å². The van der Waals surface area contributed by atoms with Crippen molar-refractivity contribution in [2.45, 2.75) is 4.90 Å². The Labute approximate surface area is 165 Å². The van der Waals surface area contributed by atoms with Crippen LogP contribution in [0.3, 0.4) is 0 Å². The van der Waals surface area contributed by atoms with Gasteiger partial charge < -0.3 is 10.1 Å². The van der Waals surface area contributed by atoms with Crippen molar-refractivity contribution in [1.82, 2.24) is 4.31 Å². The molecule has 1 aromatic heterocycles. The first-order valence-corrected chi connectivity index (χ1v) is 10.9. The number of thiophene rings is 1. The van der Waals surface area contributed by atoms with Crippen molar-refractivity contribution in [3.8, 4) is 0 Å². The van der Waals surface area contributed by atoms with Crippen LogP contribution in [0.4, 0.5) is 10.1 Å². The number of hydrogen-bond acceptors (Lipinski definition) is 5. The van der Waals surface area contributed by atoms with E-state index < -0.39 is 15.9 Å². The fourth-order valence-corrected chi connectivity index (χ4v) is 5.43. The summed E-state index contributed by atoms with van der Waals surface area (Å²) in [5.74, 6) is -0.798. The van der Waals surface area contributed by atoms with Crippen molar-refractivity contribution in [1.29, 1.82) is 0 Å². The summed E-state index contributed by atoms with van der Waals surface area (Å²) in [6.07, 6.45) is 0. The number of morpholine rings is 1. The molecule has 1 aliphatic rings. The van der Waals surface area contributed by atoms with Gasteiger partial charge in [-0.25, -0.2) is 12.8 Å². The fourth-order valence-electron chi connectivity index (χ4n) is 3.00. The molecule has 0 unspecified atom stereocenters. The molecule has 3 aromatic rings. The third-order valence-electron chi connectivity index (χ3n) is 4.43. The van der Waals surface area contributed by atoms with Crippen LogP contribution in [0.5, 0.6) is 0 Å². The van der Waals surface area contributed by atoms with E-state index in [-0.39, 0.29) is 10.7 Å². The molecule has 1 amide bonds. The van der Waals surface area contributed by atoms with E-state index in [4.69, 9.17) is 4.74 Å². The predicted molar refractivity (Wildman–Crippen MR) is 106 cm³/mol. The summed E-state index contributed by atoms with van der Waals surface area (Å²) in [6, 6.07) is 12.3. The van der Waals surface area contributed by atoms with E-state index >= 15 is 0 Å². The molecule has 4 rings (SSSR count). The highest BCUT2D eigenvalue weighted by atomic mass is 32.2. The van der Waals surface area contributed by atoms with Crippen LogP contribution in [0.1, 0.15) is 9.67 Å². The van der Waals surface area contributed by atoms with Crippen LogP contribution in [0.15, 0.2) is 53.4 Å². The lowest BCUT2D eigenvalue weighted by Crippen LogP contribution is -2.40. The van der Waals surface area contributed by atoms with Crippen molar-refractivity contribution < 1.29 is 22.3 Å². The number of anilines is 1. The number of nitrogens with zero attached hydrogens (tertiary/aromatic N) is 1. The second-order valence-corrected chi connectivity index (χ2v) is 9.28. The first-order valence-electron chi connectivity index (χ1n) is 8.62. The molecular formula is C19H17FN2O4S2. The number of ether oxygens (including phenoxy) is 1. The molecule has 146 valence electrons. The maximum Gasteiger partial charge on any atom is 0.265 e. The quantitative estimate of drug-likeness (QED) is 0.703. The summed E-state index contributed by atoms with van der Waals surface area (Å²) in [6.45, 7) is 1.31. The van der Waals surface area contributed by atoms with Gasteiger partial charge in [0.05, 0.1) is 23.0 Å². The third-order valence-corrected chi connectivity index (χ3v) is 7.43. The number of sulfonamides is 1. The van der Waals surface area contributed by atoms with E-state index in [1.54, 1.807) is 24.3 Å². The zero-order valence-corrected chi connectivity index (χ0v) is 16.4. The highest BCUT2D eigenvalue weighted by Gasteiger charge is 2.26. The number of carbonyl (C=O) groups excluding carboxylic acids is 1. The molecule has 1 fully saturated rings. The Morgan fingerprint density at radius 3 is 2.61 bits per heavy atom. The highest BCUT2D eigenvalue weighted by molar-refractivity contribution is 7.89. The van der Waals surface area contributed by atoms with Gasteiger partial charge in [0, 0.05) is 28.9 Å². The van der Waals surface area contributed by atoms with E-state index in [1.807, 2.05) is 0 Å². The molecule has 0 spiro atoms. The molecule has 1 saturated heterocycles. The molecule has 0 atom stereocenters. The number of halogens is 1. The van der Waals surface area contributed by atoms with E-state index in [2.05, 4.69) is 5.32 Å². The van der Waals surface area contributed by atoms with Gasteiger partial charge in [-0.1, -0.05) is 12.1 Å². The lowest BCUT2D eigenvalue weighted by atomic mass is 10.2. The van der Waals surface area contributed by atoms with Crippen molar-refractivity contribution in [3.63, 3.8) is 0 Å². The van der Waals surface area contributed by atoms with Gasteiger partial charge in [-0.2, -0.15) is 4.31 Å². The molecule has 2 aromatic carbocycles. The Bertz CT molecular complexity index is 1140. The fraction of sp³-hybridized carbons (Fsp3) is 0.211. The van der Waals surface area contributed by atoms with Crippen LogP contribution >= 0.6 is 11.3 Å². The van der Waals surface area contributed by atoms with Crippen LogP contribution in [-0.2, 0) is 14.8 Å². The zero-order chi connectivity index (χ0) is 19.7. The zero-order valence-electron chi connectivity index (χ0n) is 14.7. The van der Waals surface area contributed by atoms with Gasteiger partial charge in [0.25, 0.3) is 5.91 Å². The summed E-state index contributed by atoms with van der Waals surface area (Å²) in [5, 5.41) is 3.09. The third kappa shape index (κ3) is 3.66.